The predicted molar refractivity (Wildman–Crippen MR) is 85.9 cm³/mol. The zero-order valence-electron chi connectivity index (χ0n) is 11.2. The molecule has 0 saturated carbocycles. The molecule has 110 valence electrons. The monoisotopic (exact) mass is 368 g/mol. The lowest BCUT2D eigenvalue weighted by molar-refractivity contribution is 0.0977. The molecule has 1 heterocycles. The number of halogens is 1. The Hall–Kier alpha value is -1.87. The van der Waals surface area contributed by atoms with Crippen LogP contribution in [0.15, 0.2) is 28.7 Å². The average Bonchev–Trinajstić information content (AvgIpc) is 2.86. The fraction of sp³-hybridized carbons (Fsp3) is 0.250. The number of aromatic nitrogens is 4. The summed E-state index contributed by atoms with van der Waals surface area (Å²) in [6.07, 6.45) is 0.885. The molecular weight excluding hydrogens is 356 g/mol. The maximum absolute atomic E-state index is 12.1. The smallest absolute Gasteiger partial charge is 0.258 e. The Labute approximate surface area is 135 Å². The molecule has 21 heavy (non-hydrogen) atoms. The highest BCUT2D eigenvalue weighted by molar-refractivity contribution is 9.10. The van der Waals surface area contributed by atoms with Gasteiger partial charge in [-0.3, -0.25) is 15.4 Å². The van der Waals surface area contributed by atoms with Gasteiger partial charge in [0, 0.05) is 11.0 Å². The maximum Gasteiger partial charge on any atom is 0.258 e. The lowest BCUT2D eigenvalue weighted by atomic mass is 10.2. The summed E-state index contributed by atoms with van der Waals surface area (Å²) >= 11 is 8.42. The van der Waals surface area contributed by atoms with E-state index < -0.39 is 0 Å². The number of hydrogen-bond acceptors (Lipinski definition) is 5. The van der Waals surface area contributed by atoms with Crippen molar-refractivity contribution in [3.63, 3.8) is 0 Å². The van der Waals surface area contributed by atoms with E-state index in [2.05, 4.69) is 42.1 Å². The fourth-order valence-electron chi connectivity index (χ4n) is 1.61. The molecule has 9 heteroatoms. The summed E-state index contributed by atoms with van der Waals surface area (Å²) in [7, 11) is 0. The molecule has 0 atom stereocenters. The van der Waals surface area contributed by atoms with Crippen LogP contribution in [-0.4, -0.2) is 31.2 Å². The molecule has 0 radical (unpaired) electrons. The Morgan fingerprint density at radius 1 is 1.43 bits per heavy atom. The summed E-state index contributed by atoms with van der Waals surface area (Å²) in [5, 5.41) is 16.7. The Morgan fingerprint density at radius 2 is 2.19 bits per heavy atom. The summed E-state index contributed by atoms with van der Waals surface area (Å²) in [6.45, 7) is 2.68. The lowest BCUT2D eigenvalue weighted by Crippen LogP contribution is -2.35. The molecule has 1 aromatic heterocycles. The first kappa shape index (κ1) is 15.5. The van der Waals surface area contributed by atoms with Crippen LogP contribution in [0.2, 0.25) is 0 Å². The van der Waals surface area contributed by atoms with Crippen molar-refractivity contribution in [1.29, 1.82) is 0 Å². The molecule has 2 rings (SSSR count). The number of nitrogens with one attached hydrogen (secondary N) is 2. The van der Waals surface area contributed by atoms with Crippen molar-refractivity contribution >= 4 is 45.1 Å². The maximum atomic E-state index is 12.1. The Morgan fingerprint density at radius 3 is 2.90 bits per heavy atom. The Bertz CT molecular complexity index is 659. The molecule has 1 amide bonds. The topological polar surface area (TPSA) is 84.7 Å². The van der Waals surface area contributed by atoms with E-state index in [1.807, 2.05) is 13.0 Å². The number of hydrogen-bond donors (Lipinski definition) is 2. The molecule has 0 saturated heterocycles. The van der Waals surface area contributed by atoms with E-state index in [1.54, 1.807) is 22.9 Å². The first-order chi connectivity index (χ1) is 10.1. The lowest BCUT2D eigenvalue weighted by Gasteiger charge is -2.09. The van der Waals surface area contributed by atoms with Crippen molar-refractivity contribution in [2.45, 2.75) is 19.9 Å². The third kappa shape index (κ3) is 4.05. The van der Waals surface area contributed by atoms with Crippen molar-refractivity contribution < 1.29 is 4.79 Å². The van der Waals surface area contributed by atoms with Crippen LogP contribution in [-0.2, 0) is 6.54 Å². The van der Waals surface area contributed by atoms with Gasteiger partial charge in [-0.2, -0.15) is 0 Å². The highest BCUT2D eigenvalue weighted by Crippen LogP contribution is 2.15. The molecule has 7 nitrogen and oxygen atoms in total. The van der Waals surface area contributed by atoms with Gasteiger partial charge in [0.1, 0.15) is 0 Å². The van der Waals surface area contributed by atoms with Gasteiger partial charge in [0.25, 0.3) is 5.91 Å². The summed E-state index contributed by atoms with van der Waals surface area (Å²) in [4.78, 5) is 12.1. The number of thiocarbonyl (C=S) groups is 1. The van der Waals surface area contributed by atoms with Crippen LogP contribution >= 0.6 is 28.1 Å². The molecule has 0 spiro atoms. The standard InChI is InChI=1S/C12H13BrN6OS/c1-2-7-19-11(16-17-18-19)15-12(21)14-10(20)8-5-3-4-6-9(8)13/h3-6H,2,7H2,1H3,(H2,14,15,16,18,20,21). The minimum absolute atomic E-state index is 0.142. The zero-order valence-corrected chi connectivity index (χ0v) is 13.6. The van der Waals surface area contributed by atoms with E-state index in [0.717, 1.165) is 6.42 Å². The highest BCUT2D eigenvalue weighted by Gasteiger charge is 2.13. The van der Waals surface area contributed by atoms with Gasteiger partial charge < -0.3 is 0 Å². The molecule has 1 aromatic carbocycles. The van der Waals surface area contributed by atoms with E-state index in [4.69, 9.17) is 12.2 Å². The molecule has 0 fully saturated rings. The summed E-state index contributed by atoms with van der Waals surface area (Å²) < 4.78 is 2.28. The van der Waals surface area contributed by atoms with E-state index in [-0.39, 0.29) is 11.0 Å². The number of anilines is 1. The Kier molecular flexibility index (Phi) is 5.34. The normalized spacial score (nSPS) is 10.2. The number of amides is 1. The second-order valence-electron chi connectivity index (χ2n) is 4.11. The van der Waals surface area contributed by atoms with Gasteiger partial charge in [-0.1, -0.05) is 24.2 Å². The van der Waals surface area contributed by atoms with Gasteiger partial charge in [-0.15, -0.1) is 0 Å². The largest absolute Gasteiger partial charge is 0.300 e. The molecule has 0 unspecified atom stereocenters. The number of aryl methyl sites for hydroxylation is 1. The van der Waals surface area contributed by atoms with Gasteiger partial charge in [-0.05, 0) is 57.1 Å². The first-order valence-corrected chi connectivity index (χ1v) is 7.45. The molecule has 0 aliphatic carbocycles. The number of carbonyl (C=O) groups is 1. The summed E-state index contributed by atoms with van der Waals surface area (Å²) in [6, 6.07) is 7.09. The van der Waals surface area contributed by atoms with E-state index >= 15 is 0 Å². The number of rotatable bonds is 4. The second kappa shape index (κ2) is 7.23. The highest BCUT2D eigenvalue weighted by atomic mass is 79.9. The minimum atomic E-state index is -0.311. The molecule has 2 N–H and O–H groups in total. The van der Waals surface area contributed by atoms with Crippen LogP contribution in [0, 0.1) is 0 Å². The molecule has 0 bridgehead atoms. The van der Waals surface area contributed by atoms with Crippen LogP contribution in [0.5, 0.6) is 0 Å². The number of benzene rings is 1. The molecular formula is C12H13BrN6OS. The van der Waals surface area contributed by atoms with Crippen LogP contribution in [0.4, 0.5) is 5.95 Å². The number of carbonyl (C=O) groups excluding carboxylic acids is 1. The Balaban J connectivity index is 2.00. The second-order valence-corrected chi connectivity index (χ2v) is 5.38. The summed E-state index contributed by atoms with van der Waals surface area (Å²) in [5.41, 5.74) is 0.495. The predicted octanol–water partition coefficient (Wildman–Crippen LogP) is 1.97. The van der Waals surface area contributed by atoms with Gasteiger partial charge in [0.15, 0.2) is 5.11 Å². The van der Waals surface area contributed by atoms with Crippen molar-refractivity contribution in [3.05, 3.63) is 34.3 Å². The fourth-order valence-corrected chi connectivity index (χ4v) is 2.25. The minimum Gasteiger partial charge on any atom is -0.300 e. The van der Waals surface area contributed by atoms with E-state index in [0.29, 0.717) is 22.5 Å². The SMILES string of the molecule is CCCn1nnnc1NC(=S)NC(=O)c1ccccc1Br. The third-order valence-corrected chi connectivity index (χ3v) is 3.43. The first-order valence-electron chi connectivity index (χ1n) is 6.25. The number of tetrazole rings is 1. The quantitative estimate of drug-likeness (QED) is 0.802. The number of nitrogens with zero attached hydrogens (tertiary/aromatic N) is 4. The van der Waals surface area contributed by atoms with Crippen LogP contribution in [0.1, 0.15) is 23.7 Å². The van der Waals surface area contributed by atoms with Crippen molar-refractivity contribution in [1.82, 2.24) is 25.5 Å². The van der Waals surface area contributed by atoms with Crippen molar-refractivity contribution in [3.8, 4) is 0 Å². The van der Waals surface area contributed by atoms with Crippen LogP contribution < -0.4 is 10.6 Å². The van der Waals surface area contributed by atoms with Crippen LogP contribution in [0.3, 0.4) is 0 Å². The van der Waals surface area contributed by atoms with Gasteiger partial charge in [0.05, 0.1) is 5.56 Å². The van der Waals surface area contributed by atoms with E-state index in [9.17, 15) is 4.79 Å². The zero-order chi connectivity index (χ0) is 15.2. The van der Waals surface area contributed by atoms with Gasteiger partial charge in [-0.25, -0.2) is 4.68 Å². The van der Waals surface area contributed by atoms with Gasteiger partial charge >= 0.3 is 0 Å². The molecule has 2 aromatic rings. The average molecular weight is 369 g/mol. The summed E-state index contributed by atoms with van der Waals surface area (Å²) in [5.74, 6) is 0.0868. The van der Waals surface area contributed by atoms with E-state index in [1.165, 1.54) is 0 Å². The van der Waals surface area contributed by atoms with Crippen LogP contribution in [0.25, 0.3) is 0 Å². The van der Waals surface area contributed by atoms with Crippen molar-refractivity contribution in [2.24, 2.45) is 0 Å². The van der Waals surface area contributed by atoms with Crippen molar-refractivity contribution in [2.75, 3.05) is 5.32 Å². The molecule has 0 aliphatic heterocycles. The molecule has 0 aliphatic rings. The third-order valence-electron chi connectivity index (χ3n) is 2.54. The van der Waals surface area contributed by atoms with Gasteiger partial charge in [0.2, 0.25) is 5.95 Å².